The standard InChI is InChI=1S/C42H63N7O9/c1-40(2,3)56-34(51)26-46-19-17-45(18-20-47(27-35(52)57-41(4,5)6)22-24-48(23-21-46)28-36(53)58-42(7,8)9)25-33(50)44-15-16-49-38(54)30-12-10-11-29-32(43)14-13-31(37(29)30)39(49)55/h10-14H,15-28,43H2,1-9H3,(H,44,50). The zero-order valence-electron chi connectivity index (χ0n) is 35.8. The predicted molar refractivity (Wildman–Crippen MR) is 220 cm³/mol. The number of hydrogen-bond acceptors (Lipinski definition) is 14. The normalized spacial score (nSPS) is 17.4. The van der Waals surface area contributed by atoms with Crippen LogP contribution < -0.4 is 11.1 Å². The summed E-state index contributed by atoms with van der Waals surface area (Å²) in [6.45, 7) is 19.5. The summed E-state index contributed by atoms with van der Waals surface area (Å²) in [4.78, 5) is 88.3. The molecule has 4 rings (SSSR count). The third-order valence-electron chi connectivity index (χ3n) is 9.30. The molecule has 58 heavy (non-hydrogen) atoms. The summed E-state index contributed by atoms with van der Waals surface area (Å²) in [5.74, 6) is -2.39. The number of nitrogens with two attached hydrogens (primary N) is 1. The van der Waals surface area contributed by atoms with Crippen molar-refractivity contribution in [1.82, 2.24) is 29.8 Å². The highest BCUT2D eigenvalue weighted by molar-refractivity contribution is 6.26. The maximum absolute atomic E-state index is 13.5. The maximum atomic E-state index is 13.5. The third-order valence-corrected chi connectivity index (χ3v) is 9.30. The largest absolute Gasteiger partial charge is 0.459 e. The van der Waals surface area contributed by atoms with E-state index in [1.54, 1.807) is 71.9 Å². The second-order valence-corrected chi connectivity index (χ2v) is 17.9. The Morgan fingerprint density at radius 3 is 1.36 bits per heavy atom. The van der Waals surface area contributed by atoms with Gasteiger partial charge >= 0.3 is 17.9 Å². The molecule has 320 valence electrons. The van der Waals surface area contributed by atoms with E-state index in [0.29, 0.717) is 79.9 Å². The third kappa shape index (κ3) is 14.3. The number of anilines is 1. The predicted octanol–water partition coefficient (Wildman–Crippen LogP) is 2.38. The highest BCUT2D eigenvalue weighted by Crippen LogP contribution is 2.33. The summed E-state index contributed by atoms with van der Waals surface area (Å²) in [5.41, 5.74) is 5.34. The highest BCUT2D eigenvalue weighted by atomic mass is 16.6. The summed E-state index contributed by atoms with van der Waals surface area (Å²) in [6.07, 6.45) is 0. The molecule has 0 aromatic heterocycles. The van der Waals surface area contributed by atoms with Crippen molar-refractivity contribution in [2.75, 3.05) is 97.4 Å². The van der Waals surface area contributed by atoms with E-state index in [0.717, 1.165) is 4.90 Å². The fourth-order valence-electron chi connectivity index (χ4n) is 6.82. The van der Waals surface area contributed by atoms with Gasteiger partial charge in [0.1, 0.15) is 16.8 Å². The Labute approximate surface area is 342 Å². The van der Waals surface area contributed by atoms with Gasteiger partial charge in [-0.05, 0) is 80.5 Å². The number of nitrogen functional groups attached to an aromatic ring is 1. The van der Waals surface area contributed by atoms with Crippen LogP contribution >= 0.6 is 0 Å². The lowest BCUT2D eigenvalue weighted by Crippen LogP contribution is -2.51. The second kappa shape index (κ2) is 19.4. The first kappa shape index (κ1) is 46.1. The molecular weight excluding hydrogens is 747 g/mol. The number of hydrogen-bond donors (Lipinski definition) is 2. The fraction of sp³-hybridized carbons (Fsp3) is 0.619. The molecule has 1 saturated heterocycles. The number of benzene rings is 2. The van der Waals surface area contributed by atoms with Crippen molar-refractivity contribution in [3.8, 4) is 0 Å². The molecule has 0 saturated carbocycles. The van der Waals surface area contributed by atoms with Crippen LogP contribution in [-0.4, -0.2) is 169 Å². The lowest BCUT2D eigenvalue weighted by Gasteiger charge is -2.34. The molecule has 16 nitrogen and oxygen atoms in total. The molecule has 0 atom stereocenters. The molecular formula is C42H63N7O9. The van der Waals surface area contributed by atoms with Crippen LogP contribution in [0.3, 0.4) is 0 Å². The number of imide groups is 1. The number of rotatable bonds is 11. The Morgan fingerprint density at radius 2 is 0.966 bits per heavy atom. The van der Waals surface area contributed by atoms with Crippen LogP contribution in [0, 0.1) is 0 Å². The molecule has 2 aromatic rings. The first-order valence-electron chi connectivity index (χ1n) is 20.0. The van der Waals surface area contributed by atoms with Crippen molar-refractivity contribution in [3.05, 3.63) is 41.5 Å². The molecule has 3 N–H and O–H groups in total. The van der Waals surface area contributed by atoms with Gasteiger partial charge in [0.2, 0.25) is 5.91 Å². The number of nitrogens with zero attached hydrogens (tertiary/aromatic N) is 5. The van der Waals surface area contributed by atoms with Gasteiger partial charge < -0.3 is 25.3 Å². The highest BCUT2D eigenvalue weighted by Gasteiger charge is 2.33. The minimum Gasteiger partial charge on any atom is -0.459 e. The minimum atomic E-state index is -0.678. The van der Waals surface area contributed by atoms with E-state index in [1.807, 2.05) is 40.4 Å². The average molecular weight is 810 g/mol. The van der Waals surface area contributed by atoms with Crippen LogP contribution in [0.15, 0.2) is 30.3 Å². The van der Waals surface area contributed by atoms with E-state index < -0.39 is 40.6 Å². The minimum absolute atomic E-state index is 0.00366. The van der Waals surface area contributed by atoms with Crippen LogP contribution in [0.4, 0.5) is 5.69 Å². The zero-order valence-corrected chi connectivity index (χ0v) is 35.8. The number of carbonyl (C=O) groups excluding carboxylic acids is 6. The van der Waals surface area contributed by atoms with Crippen molar-refractivity contribution >= 4 is 52.1 Å². The monoisotopic (exact) mass is 809 g/mol. The molecule has 0 spiro atoms. The molecule has 2 heterocycles. The van der Waals surface area contributed by atoms with Crippen LogP contribution in [0.5, 0.6) is 0 Å². The number of carbonyl (C=O) groups is 6. The summed E-state index contributed by atoms with van der Waals surface area (Å²) in [5, 5.41) is 4.04. The van der Waals surface area contributed by atoms with Crippen LogP contribution in [0.2, 0.25) is 0 Å². The Kier molecular flexibility index (Phi) is 15.4. The van der Waals surface area contributed by atoms with Gasteiger partial charge in [0, 0.05) is 93.0 Å². The van der Waals surface area contributed by atoms with Gasteiger partial charge in [-0.1, -0.05) is 12.1 Å². The fourth-order valence-corrected chi connectivity index (χ4v) is 6.82. The molecule has 0 bridgehead atoms. The molecule has 0 radical (unpaired) electrons. The maximum Gasteiger partial charge on any atom is 0.320 e. The van der Waals surface area contributed by atoms with E-state index in [2.05, 4.69) is 5.32 Å². The Morgan fingerprint density at radius 1 is 0.586 bits per heavy atom. The summed E-state index contributed by atoms with van der Waals surface area (Å²) in [7, 11) is 0. The Hall–Kier alpha value is -4.64. The summed E-state index contributed by atoms with van der Waals surface area (Å²) in [6, 6.07) is 8.44. The molecule has 3 amide bonds. The molecule has 16 heteroatoms. The number of nitrogens with one attached hydrogen (secondary N) is 1. The van der Waals surface area contributed by atoms with Crippen molar-refractivity contribution in [2.45, 2.75) is 79.1 Å². The van der Waals surface area contributed by atoms with E-state index >= 15 is 0 Å². The molecule has 1 fully saturated rings. The number of ether oxygens (including phenoxy) is 3. The van der Waals surface area contributed by atoms with Crippen molar-refractivity contribution in [1.29, 1.82) is 0 Å². The first-order valence-corrected chi connectivity index (χ1v) is 20.0. The molecule has 0 unspecified atom stereocenters. The van der Waals surface area contributed by atoms with Gasteiger partial charge in [-0.3, -0.25) is 53.3 Å². The SMILES string of the molecule is CC(C)(C)OC(=O)CN1CCN(CC(=O)NCCN2C(=O)c3cccc4c(N)ccc(c34)C2=O)CCN(CC(=O)OC(C)(C)C)CCN(CC(=O)OC(C)(C)C)CC1. The number of esters is 3. The van der Waals surface area contributed by atoms with Gasteiger partial charge in [0.15, 0.2) is 0 Å². The lowest BCUT2D eigenvalue weighted by atomic mass is 9.93. The van der Waals surface area contributed by atoms with Gasteiger partial charge in [-0.15, -0.1) is 0 Å². The summed E-state index contributed by atoms with van der Waals surface area (Å²) >= 11 is 0. The van der Waals surface area contributed by atoms with Crippen LogP contribution in [0.1, 0.15) is 83.0 Å². The van der Waals surface area contributed by atoms with Gasteiger partial charge in [0.25, 0.3) is 11.8 Å². The average Bonchev–Trinajstić information content (AvgIpc) is 3.07. The van der Waals surface area contributed by atoms with E-state index in [1.165, 1.54) is 0 Å². The number of amides is 3. The molecule has 0 aliphatic carbocycles. The van der Waals surface area contributed by atoms with Crippen molar-refractivity contribution in [2.24, 2.45) is 0 Å². The van der Waals surface area contributed by atoms with Crippen molar-refractivity contribution < 1.29 is 43.0 Å². The van der Waals surface area contributed by atoms with Crippen LogP contribution in [0.25, 0.3) is 10.8 Å². The topological polar surface area (TPSA) is 184 Å². The van der Waals surface area contributed by atoms with E-state index in [-0.39, 0.29) is 51.1 Å². The van der Waals surface area contributed by atoms with Crippen LogP contribution in [-0.2, 0) is 33.4 Å². The molecule has 2 aliphatic rings. The van der Waals surface area contributed by atoms with E-state index in [9.17, 15) is 28.8 Å². The van der Waals surface area contributed by atoms with Crippen molar-refractivity contribution in [3.63, 3.8) is 0 Å². The zero-order chi connectivity index (χ0) is 43.0. The second-order valence-electron chi connectivity index (χ2n) is 17.9. The molecule has 2 aromatic carbocycles. The van der Waals surface area contributed by atoms with Gasteiger partial charge in [-0.2, -0.15) is 0 Å². The van der Waals surface area contributed by atoms with Gasteiger partial charge in [0.05, 0.1) is 26.2 Å². The van der Waals surface area contributed by atoms with E-state index in [4.69, 9.17) is 19.9 Å². The smallest absolute Gasteiger partial charge is 0.320 e. The lowest BCUT2D eigenvalue weighted by molar-refractivity contribution is -0.158. The quantitative estimate of drug-likeness (QED) is 0.146. The summed E-state index contributed by atoms with van der Waals surface area (Å²) < 4.78 is 16.9. The molecule has 2 aliphatic heterocycles. The first-order chi connectivity index (χ1) is 27.0. The van der Waals surface area contributed by atoms with Gasteiger partial charge in [-0.25, -0.2) is 0 Å². The Bertz CT molecular complexity index is 1760. The Balaban J connectivity index is 1.47.